The summed E-state index contributed by atoms with van der Waals surface area (Å²) in [5.41, 5.74) is 5.82. The maximum Gasteiger partial charge on any atom is 0.138 e. The zero-order chi connectivity index (χ0) is 15.5. The number of hydrogen-bond donors (Lipinski definition) is 2. The van der Waals surface area contributed by atoms with Gasteiger partial charge in [0.25, 0.3) is 0 Å². The molecule has 5 heteroatoms. The summed E-state index contributed by atoms with van der Waals surface area (Å²) in [6.45, 7) is 12.0. The summed E-state index contributed by atoms with van der Waals surface area (Å²) in [4.78, 5) is 11.5. The van der Waals surface area contributed by atoms with Gasteiger partial charge in [0.2, 0.25) is 0 Å². The van der Waals surface area contributed by atoms with Crippen LogP contribution in [0, 0.1) is 0 Å². The summed E-state index contributed by atoms with van der Waals surface area (Å²) in [6, 6.07) is 2.17. The van der Waals surface area contributed by atoms with Gasteiger partial charge in [0.1, 0.15) is 17.5 Å². The quantitative estimate of drug-likeness (QED) is 0.892. The van der Waals surface area contributed by atoms with Gasteiger partial charge in [-0.1, -0.05) is 27.2 Å². The molecular formula is C16H29N5. The second kappa shape index (κ2) is 6.60. The lowest BCUT2D eigenvalue weighted by molar-refractivity contribution is 0.223. The third-order valence-electron chi connectivity index (χ3n) is 3.79. The Labute approximate surface area is 128 Å². The van der Waals surface area contributed by atoms with Crippen LogP contribution < -0.4 is 11.1 Å². The van der Waals surface area contributed by atoms with Crippen molar-refractivity contribution in [2.24, 2.45) is 0 Å². The van der Waals surface area contributed by atoms with Crippen LogP contribution in [0.25, 0.3) is 0 Å². The molecule has 2 rings (SSSR count). The van der Waals surface area contributed by atoms with E-state index in [4.69, 9.17) is 5.73 Å². The molecule has 0 bridgehead atoms. The maximum atomic E-state index is 5.91. The average molecular weight is 291 g/mol. The third-order valence-corrected chi connectivity index (χ3v) is 3.79. The number of aromatic nitrogens is 2. The number of piperidine rings is 1. The molecule has 3 N–H and O–H groups in total. The largest absolute Gasteiger partial charge is 0.384 e. The number of anilines is 2. The second-order valence-electron chi connectivity index (χ2n) is 7.16. The zero-order valence-electron chi connectivity index (χ0n) is 13.8. The maximum absolute atomic E-state index is 5.91. The molecule has 1 unspecified atom stereocenters. The highest BCUT2D eigenvalue weighted by Gasteiger charge is 2.19. The molecule has 0 saturated carbocycles. The molecule has 1 aliphatic heterocycles. The summed E-state index contributed by atoms with van der Waals surface area (Å²) >= 11 is 0. The van der Waals surface area contributed by atoms with Gasteiger partial charge in [-0.25, -0.2) is 9.97 Å². The summed E-state index contributed by atoms with van der Waals surface area (Å²) < 4.78 is 0. The van der Waals surface area contributed by atoms with Gasteiger partial charge < -0.3 is 16.0 Å². The molecule has 0 spiro atoms. The monoisotopic (exact) mass is 291 g/mol. The molecule has 1 aliphatic rings. The molecule has 1 aromatic rings. The number of nitrogens with zero attached hydrogens (tertiary/aromatic N) is 3. The fourth-order valence-corrected chi connectivity index (χ4v) is 2.70. The van der Waals surface area contributed by atoms with Crippen LogP contribution in [0.1, 0.15) is 52.8 Å². The van der Waals surface area contributed by atoms with Crippen molar-refractivity contribution in [3.8, 4) is 0 Å². The molecule has 1 fully saturated rings. The van der Waals surface area contributed by atoms with Crippen LogP contribution in [0.4, 0.5) is 11.6 Å². The first-order chi connectivity index (χ1) is 9.84. The molecule has 5 nitrogen and oxygen atoms in total. The Bertz CT molecular complexity index is 460. The van der Waals surface area contributed by atoms with Crippen molar-refractivity contribution >= 4 is 11.6 Å². The van der Waals surface area contributed by atoms with Crippen molar-refractivity contribution in [3.63, 3.8) is 0 Å². The van der Waals surface area contributed by atoms with Crippen LogP contribution >= 0.6 is 0 Å². The lowest BCUT2D eigenvalue weighted by Crippen LogP contribution is -2.38. The van der Waals surface area contributed by atoms with E-state index in [2.05, 4.69) is 47.9 Å². The molecular weight excluding hydrogens is 262 g/mol. The molecule has 0 aromatic carbocycles. The Morgan fingerprint density at radius 1 is 1.24 bits per heavy atom. The van der Waals surface area contributed by atoms with Gasteiger partial charge in [0, 0.05) is 24.1 Å². The van der Waals surface area contributed by atoms with Crippen LogP contribution in [0.3, 0.4) is 0 Å². The van der Waals surface area contributed by atoms with E-state index in [-0.39, 0.29) is 5.41 Å². The second-order valence-corrected chi connectivity index (χ2v) is 7.16. The van der Waals surface area contributed by atoms with Gasteiger partial charge in [0.15, 0.2) is 0 Å². The van der Waals surface area contributed by atoms with E-state index in [0.29, 0.717) is 11.9 Å². The Balaban J connectivity index is 1.99. The van der Waals surface area contributed by atoms with E-state index in [9.17, 15) is 0 Å². The van der Waals surface area contributed by atoms with Crippen molar-refractivity contribution in [1.82, 2.24) is 14.9 Å². The fraction of sp³-hybridized carbons (Fsp3) is 0.750. The van der Waals surface area contributed by atoms with E-state index < -0.39 is 0 Å². The molecule has 0 amide bonds. The standard InChI is InChI=1S/C16H29N5/c1-12(11-21-8-6-5-7-9-21)18-14-10-13(17)19-15(20-14)16(2,3)4/h10,12H,5-9,11H2,1-4H3,(H3,17,18,19,20). The van der Waals surface area contributed by atoms with Crippen molar-refractivity contribution in [3.05, 3.63) is 11.9 Å². The summed E-state index contributed by atoms with van der Waals surface area (Å²) in [5.74, 6) is 2.15. The number of rotatable bonds is 4. The number of likely N-dealkylation sites (tertiary alicyclic amines) is 1. The number of nitrogens with two attached hydrogens (primary N) is 1. The van der Waals surface area contributed by atoms with Gasteiger partial charge in [-0.3, -0.25) is 0 Å². The molecule has 21 heavy (non-hydrogen) atoms. The third kappa shape index (κ3) is 4.84. The van der Waals surface area contributed by atoms with Crippen molar-refractivity contribution in [1.29, 1.82) is 0 Å². The molecule has 0 radical (unpaired) electrons. The lowest BCUT2D eigenvalue weighted by Gasteiger charge is -2.29. The molecule has 118 valence electrons. The molecule has 1 saturated heterocycles. The SMILES string of the molecule is CC(CN1CCCCC1)Nc1cc(N)nc(C(C)(C)C)n1. The van der Waals surface area contributed by atoms with Crippen LogP contribution in [0.2, 0.25) is 0 Å². The minimum absolute atomic E-state index is 0.0953. The van der Waals surface area contributed by atoms with Crippen molar-refractivity contribution < 1.29 is 0 Å². The highest BCUT2D eigenvalue weighted by Crippen LogP contribution is 2.21. The minimum Gasteiger partial charge on any atom is -0.384 e. The summed E-state index contributed by atoms with van der Waals surface area (Å²) in [5, 5.41) is 3.47. The van der Waals surface area contributed by atoms with Crippen molar-refractivity contribution in [2.45, 2.75) is 58.4 Å². The Hall–Kier alpha value is -1.36. The van der Waals surface area contributed by atoms with Gasteiger partial charge >= 0.3 is 0 Å². The molecule has 2 heterocycles. The fourth-order valence-electron chi connectivity index (χ4n) is 2.70. The van der Waals surface area contributed by atoms with E-state index in [1.165, 1.54) is 32.4 Å². The predicted octanol–water partition coefficient (Wildman–Crippen LogP) is 2.64. The van der Waals surface area contributed by atoms with Crippen LogP contribution in [-0.4, -0.2) is 40.5 Å². The molecule has 1 aromatic heterocycles. The Kier molecular flexibility index (Phi) is 5.04. The van der Waals surface area contributed by atoms with Gasteiger partial charge in [-0.15, -0.1) is 0 Å². The number of nitrogens with one attached hydrogen (secondary N) is 1. The van der Waals surface area contributed by atoms with Gasteiger partial charge in [-0.05, 0) is 32.9 Å². The van der Waals surface area contributed by atoms with Crippen LogP contribution in [-0.2, 0) is 5.41 Å². The highest BCUT2D eigenvalue weighted by molar-refractivity contribution is 5.45. The van der Waals surface area contributed by atoms with Crippen LogP contribution in [0.5, 0.6) is 0 Å². The minimum atomic E-state index is -0.0953. The smallest absolute Gasteiger partial charge is 0.138 e. The Morgan fingerprint density at radius 2 is 1.90 bits per heavy atom. The highest BCUT2D eigenvalue weighted by atomic mass is 15.2. The van der Waals surface area contributed by atoms with Crippen LogP contribution in [0.15, 0.2) is 6.07 Å². The Morgan fingerprint density at radius 3 is 2.52 bits per heavy atom. The van der Waals surface area contributed by atoms with Gasteiger partial charge in [-0.2, -0.15) is 0 Å². The average Bonchev–Trinajstić information content (AvgIpc) is 2.37. The molecule has 0 aliphatic carbocycles. The van der Waals surface area contributed by atoms with Crippen molar-refractivity contribution in [2.75, 3.05) is 30.7 Å². The molecule has 1 atom stereocenters. The van der Waals surface area contributed by atoms with E-state index in [1.807, 2.05) is 6.07 Å². The topological polar surface area (TPSA) is 67.1 Å². The first-order valence-electron chi connectivity index (χ1n) is 7.98. The normalized spacial score (nSPS) is 18.5. The van der Waals surface area contributed by atoms with E-state index in [0.717, 1.165) is 18.2 Å². The summed E-state index contributed by atoms with van der Waals surface area (Å²) in [6.07, 6.45) is 4.01. The lowest BCUT2D eigenvalue weighted by atomic mass is 9.96. The number of nitrogen functional groups attached to an aromatic ring is 1. The first-order valence-corrected chi connectivity index (χ1v) is 7.98. The van der Waals surface area contributed by atoms with E-state index >= 15 is 0 Å². The zero-order valence-corrected chi connectivity index (χ0v) is 13.8. The first kappa shape index (κ1) is 16.0. The van der Waals surface area contributed by atoms with Gasteiger partial charge in [0.05, 0.1) is 0 Å². The predicted molar refractivity (Wildman–Crippen MR) is 88.5 cm³/mol. The number of hydrogen-bond acceptors (Lipinski definition) is 5. The van der Waals surface area contributed by atoms with E-state index in [1.54, 1.807) is 0 Å². The summed E-state index contributed by atoms with van der Waals surface area (Å²) in [7, 11) is 0.